The van der Waals surface area contributed by atoms with Crippen molar-refractivity contribution in [1.29, 1.82) is 0 Å². The Kier molecular flexibility index (Phi) is 5.58. The van der Waals surface area contributed by atoms with Crippen LogP contribution in [0.3, 0.4) is 0 Å². The first kappa shape index (κ1) is 21.8. The molecule has 9 nitrogen and oxygen atoms in total. The van der Waals surface area contributed by atoms with Crippen molar-refractivity contribution < 1.29 is 14.0 Å². The number of carbonyl (C=O) groups excluding carboxylic acids is 2. The van der Waals surface area contributed by atoms with E-state index in [9.17, 15) is 14.0 Å². The third-order valence-electron chi connectivity index (χ3n) is 5.46. The van der Waals surface area contributed by atoms with E-state index < -0.39 is 18.1 Å². The summed E-state index contributed by atoms with van der Waals surface area (Å²) in [7, 11) is 1.73. The van der Waals surface area contributed by atoms with Crippen LogP contribution >= 0.6 is 11.6 Å². The molecule has 11 heteroatoms. The summed E-state index contributed by atoms with van der Waals surface area (Å²) < 4.78 is 14.6. The topological polar surface area (TPSA) is 113 Å². The molecule has 1 saturated carbocycles. The third kappa shape index (κ3) is 4.03. The fraction of sp³-hybridized carbons (Fsp3) is 0.174. The molecule has 172 valence electrons. The van der Waals surface area contributed by atoms with E-state index >= 15 is 0 Å². The molecule has 5 rings (SSSR count). The molecule has 0 saturated heterocycles. The SMILES string of the molecule is CNc1cc(Nc2cccc(-c3ccc(C=O)cn3)c2Cl)nn2c(C(=O)N[C@@H]3C[C@@H]3F)cnc12. The Bertz CT molecular complexity index is 1410. The first-order valence-corrected chi connectivity index (χ1v) is 10.8. The van der Waals surface area contributed by atoms with Crippen LogP contribution in [-0.4, -0.2) is 51.0 Å². The number of halogens is 2. The number of hydrogen-bond donors (Lipinski definition) is 3. The van der Waals surface area contributed by atoms with Gasteiger partial charge >= 0.3 is 0 Å². The van der Waals surface area contributed by atoms with Gasteiger partial charge < -0.3 is 16.0 Å². The van der Waals surface area contributed by atoms with E-state index in [1.54, 1.807) is 31.3 Å². The van der Waals surface area contributed by atoms with E-state index in [-0.39, 0.29) is 5.69 Å². The van der Waals surface area contributed by atoms with Crippen molar-refractivity contribution in [3.63, 3.8) is 0 Å². The summed E-state index contributed by atoms with van der Waals surface area (Å²) in [5.74, 6) is -0.0452. The van der Waals surface area contributed by atoms with Gasteiger partial charge in [0, 0.05) is 36.9 Å². The molecular weight excluding hydrogens is 461 g/mol. The van der Waals surface area contributed by atoms with E-state index in [0.29, 0.717) is 51.1 Å². The standard InChI is InChI=1S/C23H19ClFN7O2/c1-26-18-8-20(31-32-19(10-28-22(18)32)23(34)30-17-7-14(17)25)29-16-4-2-3-13(21(16)24)15-6-5-12(11-33)9-27-15/h2-6,8-11,14,17,26H,7H2,1H3,(H,29,31)(H,30,34)/t14-,17+/m0/s1. The van der Waals surface area contributed by atoms with Gasteiger partial charge in [0.15, 0.2) is 23.4 Å². The summed E-state index contributed by atoms with van der Waals surface area (Å²) in [6, 6.07) is 10.1. The highest BCUT2D eigenvalue weighted by molar-refractivity contribution is 6.36. The zero-order chi connectivity index (χ0) is 23.8. The maximum atomic E-state index is 13.2. The Labute approximate surface area is 198 Å². The van der Waals surface area contributed by atoms with Crippen LogP contribution in [-0.2, 0) is 0 Å². The first-order valence-electron chi connectivity index (χ1n) is 10.5. The van der Waals surface area contributed by atoms with Gasteiger partial charge in [-0.2, -0.15) is 0 Å². The molecule has 0 aliphatic heterocycles. The Balaban J connectivity index is 1.49. The number of aldehydes is 1. The molecule has 1 aliphatic carbocycles. The zero-order valence-corrected chi connectivity index (χ0v) is 18.7. The fourth-order valence-corrected chi connectivity index (χ4v) is 3.79. The lowest BCUT2D eigenvalue weighted by Crippen LogP contribution is -2.28. The number of nitrogens with one attached hydrogen (secondary N) is 3. The van der Waals surface area contributed by atoms with Crippen LogP contribution in [0.4, 0.5) is 21.6 Å². The molecule has 1 aromatic carbocycles. The van der Waals surface area contributed by atoms with Gasteiger partial charge in [-0.15, -0.1) is 5.10 Å². The smallest absolute Gasteiger partial charge is 0.271 e. The fourth-order valence-electron chi connectivity index (χ4n) is 3.52. The molecule has 0 spiro atoms. The Morgan fingerprint density at radius 1 is 1.21 bits per heavy atom. The first-order chi connectivity index (χ1) is 16.5. The van der Waals surface area contributed by atoms with Crippen molar-refractivity contribution in [2.75, 3.05) is 17.7 Å². The average molecular weight is 480 g/mol. The number of rotatable bonds is 7. The maximum absolute atomic E-state index is 13.2. The monoisotopic (exact) mass is 479 g/mol. The molecule has 1 amide bonds. The van der Waals surface area contributed by atoms with Crippen molar-refractivity contribution >= 4 is 46.6 Å². The zero-order valence-electron chi connectivity index (χ0n) is 17.9. The number of alkyl halides is 1. The molecule has 4 aromatic rings. The molecule has 1 fully saturated rings. The average Bonchev–Trinajstić information content (AvgIpc) is 3.36. The molecule has 0 bridgehead atoms. The highest BCUT2D eigenvalue weighted by atomic mass is 35.5. The van der Waals surface area contributed by atoms with Gasteiger partial charge in [0.25, 0.3) is 5.91 Å². The number of pyridine rings is 1. The summed E-state index contributed by atoms with van der Waals surface area (Å²) >= 11 is 6.66. The van der Waals surface area contributed by atoms with Gasteiger partial charge in [0.2, 0.25) is 0 Å². The predicted molar refractivity (Wildman–Crippen MR) is 127 cm³/mol. The number of hydrogen-bond acceptors (Lipinski definition) is 7. The number of anilines is 3. The minimum absolute atomic E-state index is 0.188. The van der Waals surface area contributed by atoms with Crippen molar-refractivity contribution in [2.45, 2.75) is 18.6 Å². The molecule has 3 aromatic heterocycles. The molecule has 2 atom stereocenters. The van der Waals surface area contributed by atoms with Crippen molar-refractivity contribution in [3.8, 4) is 11.3 Å². The van der Waals surface area contributed by atoms with E-state index in [4.69, 9.17) is 11.6 Å². The minimum Gasteiger partial charge on any atom is -0.385 e. The number of amides is 1. The summed E-state index contributed by atoms with van der Waals surface area (Å²) in [6.07, 6.45) is 2.90. The second-order valence-electron chi connectivity index (χ2n) is 7.79. The Morgan fingerprint density at radius 3 is 2.71 bits per heavy atom. The third-order valence-corrected chi connectivity index (χ3v) is 5.87. The van der Waals surface area contributed by atoms with Crippen LogP contribution < -0.4 is 16.0 Å². The van der Waals surface area contributed by atoms with E-state index in [1.165, 1.54) is 16.9 Å². The highest BCUT2D eigenvalue weighted by Gasteiger charge is 2.39. The summed E-state index contributed by atoms with van der Waals surface area (Å²) in [5, 5.41) is 13.8. The number of carbonyl (C=O) groups is 2. The van der Waals surface area contributed by atoms with Gasteiger partial charge in [0.1, 0.15) is 6.17 Å². The molecular formula is C23H19ClFN7O2. The van der Waals surface area contributed by atoms with E-state index in [1.807, 2.05) is 12.1 Å². The van der Waals surface area contributed by atoms with Gasteiger partial charge in [-0.1, -0.05) is 23.7 Å². The lowest BCUT2D eigenvalue weighted by molar-refractivity contribution is 0.0940. The summed E-state index contributed by atoms with van der Waals surface area (Å²) in [4.78, 5) is 32.1. The summed E-state index contributed by atoms with van der Waals surface area (Å²) in [6.45, 7) is 0. The molecule has 1 aliphatic rings. The Hall–Kier alpha value is -4.05. The van der Waals surface area contributed by atoms with Crippen LogP contribution in [0.15, 0.2) is 48.8 Å². The highest BCUT2D eigenvalue weighted by Crippen LogP contribution is 2.35. The molecule has 3 N–H and O–H groups in total. The quantitative estimate of drug-likeness (QED) is 0.345. The van der Waals surface area contributed by atoms with Gasteiger partial charge in [-0.3, -0.25) is 14.6 Å². The second-order valence-corrected chi connectivity index (χ2v) is 8.17. The van der Waals surface area contributed by atoms with Crippen LogP contribution in [0.2, 0.25) is 5.02 Å². The lowest BCUT2D eigenvalue weighted by Gasteiger charge is -2.13. The van der Waals surface area contributed by atoms with Crippen LogP contribution in [0, 0.1) is 0 Å². The number of imidazole rings is 1. The van der Waals surface area contributed by atoms with E-state index in [2.05, 4.69) is 31.0 Å². The molecule has 0 radical (unpaired) electrons. The number of aromatic nitrogens is 4. The van der Waals surface area contributed by atoms with Gasteiger partial charge in [-0.05, 0) is 18.2 Å². The maximum Gasteiger partial charge on any atom is 0.271 e. The van der Waals surface area contributed by atoms with Gasteiger partial charge in [0.05, 0.1) is 34.3 Å². The number of benzene rings is 1. The second kappa shape index (κ2) is 8.71. The summed E-state index contributed by atoms with van der Waals surface area (Å²) in [5.41, 5.74) is 3.59. The molecule has 0 unspecified atom stereocenters. The van der Waals surface area contributed by atoms with Crippen molar-refractivity contribution in [2.24, 2.45) is 0 Å². The normalized spacial score (nSPS) is 16.8. The largest absolute Gasteiger partial charge is 0.385 e. The van der Waals surface area contributed by atoms with Crippen LogP contribution in [0.5, 0.6) is 0 Å². The van der Waals surface area contributed by atoms with Crippen molar-refractivity contribution in [1.82, 2.24) is 24.9 Å². The lowest BCUT2D eigenvalue weighted by atomic mass is 10.1. The predicted octanol–water partition coefficient (Wildman–Crippen LogP) is 3.88. The number of fused-ring (bicyclic) bond motifs is 1. The number of nitrogens with zero attached hydrogens (tertiary/aromatic N) is 4. The Morgan fingerprint density at radius 2 is 2.03 bits per heavy atom. The van der Waals surface area contributed by atoms with Crippen LogP contribution in [0.1, 0.15) is 27.3 Å². The van der Waals surface area contributed by atoms with Crippen molar-refractivity contribution in [3.05, 3.63) is 65.1 Å². The van der Waals surface area contributed by atoms with Gasteiger partial charge in [-0.25, -0.2) is 13.9 Å². The molecule has 3 heterocycles. The van der Waals surface area contributed by atoms with Crippen LogP contribution in [0.25, 0.3) is 16.9 Å². The molecule has 34 heavy (non-hydrogen) atoms. The minimum atomic E-state index is -1.01. The van der Waals surface area contributed by atoms with E-state index in [0.717, 1.165) is 6.29 Å².